The number of aromatic amines is 1. The molecule has 0 amide bonds. The molecule has 0 atom stereocenters. The third-order valence-electron chi connectivity index (χ3n) is 1.67. The van der Waals surface area contributed by atoms with Gasteiger partial charge in [0.05, 0.1) is 6.07 Å². The summed E-state index contributed by atoms with van der Waals surface area (Å²) in [4.78, 5) is 29.9. The van der Waals surface area contributed by atoms with Gasteiger partial charge < -0.3 is 4.74 Å². The Morgan fingerprint density at radius 2 is 2.27 bits per heavy atom. The van der Waals surface area contributed by atoms with Crippen molar-refractivity contribution in [2.75, 3.05) is 0 Å². The molecule has 0 aliphatic rings. The summed E-state index contributed by atoms with van der Waals surface area (Å²) in [5.74, 6) is 0.160. The van der Waals surface area contributed by atoms with E-state index in [1.165, 1.54) is 11.4 Å². The summed E-state index contributed by atoms with van der Waals surface area (Å²) in [6.07, 6.45) is 0. The molecule has 7 heteroatoms. The van der Waals surface area contributed by atoms with E-state index in [1.807, 2.05) is 0 Å². The van der Waals surface area contributed by atoms with Crippen LogP contribution in [0.2, 0.25) is 0 Å². The second kappa shape index (κ2) is 3.19. The lowest BCUT2D eigenvalue weighted by atomic mass is 10.6. The van der Waals surface area contributed by atoms with Crippen molar-refractivity contribution in [3.8, 4) is 5.88 Å². The van der Waals surface area contributed by atoms with E-state index in [2.05, 4.69) is 15.1 Å². The molecule has 0 fully saturated rings. The van der Waals surface area contributed by atoms with E-state index < -0.39 is 5.97 Å². The third-order valence-corrected chi connectivity index (χ3v) is 1.67. The quantitative estimate of drug-likeness (QED) is 0.647. The molecule has 0 aliphatic carbocycles. The van der Waals surface area contributed by atoms with Crippen LogP contribution in [0, 0.1) is 6.92 Å². The van der Waals surface area contributed by atoms with Crippen LogP contribution in [0.25, 0.3) is 5.78 Å². The molecule has 0 unspecified atom stereocenters. The highest BCUT2D eigenvalue weighted by atomic mass is 16.5. The van der Waals surface area contributed by atoms with Crippen LogP contribution in [0.1, 0.15) is 12.7 Å². The van der Waals surface area contributed by atoms with Crippen molar-refractivity contribution >= 4 is 11.7 Å². The third kappa shape index (κ3) is 1.71. The Kier molecular flexibility index (Phi) is 2.00. The van der Waals surface area contributed by atoms with Gasteiger partial charge in [0.2, 0.25) is 5.88 Å². The van der Waals surface area contributed by atoms with Gasteiger partial charge in [-0.05, 0) is 6.92 Å². The van der Waals surface area contributed by atoms with Crippen molar-refractivity contribution in [3.63, 3.8) is 0 Å². The van der Waals surface area contributed by atoms with Crippen molar-refractivity contribution in [2.24, 2.45) is 0 Å². The van der Waals surface area contributed by atoms with Gasteiger partial charge in [-0.25, -0.2) is 0 Å². The van der Waals surface area contributed by atoms with E-state index in [0.717, 1.165) is 6.07 Å². The summed E-state index contributed by atoms with van der Waals surface area (Å²) in [7, 11) is 0. The smallest absolute Gasteiger partial charge is 0.309 e. The Morgan fingerprint density at radius 3 is 2.93 bits per heavy atom. The number of carbonyl (C=O) groups excluding carboxylic acids is 1. The predicted octanol–water partition coefficient (Wildman–Crippen LogP) is -0.349. The van der Waals surface area contributed by atoms with E-state index in [4.69, 9.17) is 4.74 Å². The number of esters is 1. The molecule has 0 spiro atoms. The number of nitrogens with zero attached hydrogens (tertiary/aromatic N) is 3. The summed E-state index contributed by atoms with van der Waals surface area (Å²) in [6.45, 7) is 2.93. The van der Waals surface area contributed by atoms with Gasteiger partial charge in [0.25, 0.3) is 11.3 Å². The van der Waals surface area contributed by atoms with Crippen LogP contribution in [0.5, 0.6) is 5.88 Å². The number of hydrogen-bond donors (Lipinski definition) is 1. The van der Waals surface area contributed by atoms with Crippen molar-refractivity contribution < 1.29 is 9.53 Å². The van der Waals surface area contributed by atoms with Gasteiger partial charge in [-0.1, -0.05) is 0 Å². The summed E-state index contributed by atoms with van der Waals surface area (Å²) < 4.78 is 5.86. The fraction of sp³-hybridized carbons (Fsp3) is 0.250. The van der Waals surface area contributed by atoms with Crippen molar-refractivity contribution in [2.45, 2.75) is 13.8 Å². The van der Waals surface area contributed by atoms with Crippen LogP contribution in [-0.2, 0) is 4.79 Å². The average Bonchev–Trinajstić information content (AvgIpc) is 2.44. The summed E-state index contributed by atoms with van der Waals surface area (Å²) in [6, 6.07) is 1.12. The fourth-order valence-electron chi connectivity index (χ4n) is 1.17. The van der Waals surface area contributed by atoms with Crippen molar-refractivity contribution in [1.82, 2.24) is 19.6 Å². The lowest BCUT2D eigenvalue weighted by Gasteiger charge is -1.98. The number of H-pyrrole nitrogens is 1. The number of rotatable bonds is 1. The zero-order valence-electron chi connectivity index (χ0n) is 8.14. The fourth-order valence-corrected chi connectivity index (χ4v) is 1.17. The Labute approximate surface area is 83.7 Å². The van der Waals surface area contributed by atoms with Crippen LogP contribution in [0.3, 0.4) is 0 Å². The van der Waals surface area contributed by atoms with Crippen LogP contribution in [0.4, 0.5) is 0 Å². The zero-order valence-corrected chi connectivity index (χ0v) is 8.14. The molecule has 1 N–H and O–H groups in total. The first-order valence-corrected chi connectivity index (χ1v) is 4.21. The highest BCUT2D eigenvalue weighted by Gasteiger charge is 2.07. The van der Waals surface area contributed by atoms with Gasteiger partial charge in [-0.3, -0.25) is 14.7 Å². The Balaban J connectivity index is 2.61. The van der Waals surface area contributed by atoms with E-state index in [1.54, 1.807) is 6.92 Å². The Morgan fingerprint density at radius 1 is 1.53 bits per heavy atom. The number of fused-ring (bicyclic) bond motifs is 1. The van der Waals surface area contributed by atoms with Gasteiger partial charge in [0, 0.05) is 6.92 Å². The van der Waals surface area contributed by atoms with Crippen LogP contribution in [-0.4, -0.2) is 25.6 Å². The Hall–Kier alpha value is -2.18. The molecule has 0 aromatic carbocycles. The average molecular weight is 208 g/mol. The molecule has 0 bridgehead atoms. The second-order valence-corrected chi connectivity index (χ2v) is 2.97. The number of hydrogen-bond acceptors (Lipinski definition) is 5. The summed E-state index contributed by atoms with van der Waals surface area (Å²) >= 11 is 0. The molecule has 0 saturated heterocycles. The predicted molar refractivity (Wildman–Crippen MR) is 49.7 cm³/mol. The van der Waals surface area contributed by atoms with E-state index in [0.29, 0.717) is 5.82 Å². The first kappa shape index (κ1) is 9.38. The lowest BCUT2D eigenvalue weighted by Crippen LogP contribution is -2.16. The maximum absolute atomic E-state index is 11.5. The lowest BCUT2D eigenvalue weighted by molar-refractivity contribution is -0.132. The number of nitrogens with one attached hydrogen (secondary N) is 1. The zero-order chi connectivity index (χ0) is 11.0. The Bertz CT molecular complexity index is 583. The topological polar surface area (TPSA) is 89.4 Å². The number of carbonyl (C=O) groups is 1. The minimum atomic E-state index is -0.529. The summed E-state index contributed by atoms with van der Waals surface area (Å²) in [5, 5.41) is 2.70. The molecule has 15 heavy (non-hydrogen) atoms. The first-order chi connectivity index (χ1) is 7.06. The largest absolute Gasteiger partial charge is 0.407 e. The van der Waals surface area contributed by atoms with E-state index >= 15 is 0 Å². The van der Waals surface area contributed by atoms with Gasteiger partial charge in [0.15, 0.2) is 0 Å². The van der Waals surface area contributed by atoms with Crippen molar-refractivity contribution in [1.29, 1.82) is 0 Å². The molecular weight excluding hydrogens is 200 g/mol. The minimum absolute atomic E-state index is 0.0426. The molecular formula is C8H8N4O3. The molecule has 0 saturated carbocycles. The number of aryl methyl sites for hydroxylation is 1. The SMILES string of the molecule is CC(=O)Oc1cc(=O)n2[nH]c(C)nc2n1. The second-order valence-electron chi connectivity index (χ2n) is 2.97. The molecule has 0 aliphatic heterocycles. The molecule has 2 heterocycles. The van der Waals surface area contributed by atoms with E-state index in [9.17, 15) is 9.59 Å². The van der Waals surface area contributed by atoms with E-state index in [-0.39, 0.29) is 17.2 Å². The minimum Gasteiger partial charge on any atom is -0.407 e. The maximum atomic E-state index is 11.5. The summed E-state index contributed by atoms with van der Waals surface area (Å²) in [5.41, 5.74) is -0.378. The highest BCUT2D eigenvalue weighted by Crippen LogP contribution is 2.04. The molecule has 2 aromatic heterocycles. The molecule has 2 aromatic rings. The van der Waals surface area contributed by atoms with Gasteiger partial charge in [0.1, 0.15) is 5.82 Å². The van der Waals surface area contributed by atoms with Crippen LogP contribution < -0.4 is 10.3 Å². The molecule has 0 radical (unpaired) electrons. The maximum Gasteiger partial charge on any atom is 0.309 e. The van der Waals surface area contributed by atoms with Crippen LogP contribution >= 0.6 is 0 Å². The van der Waals surface area contributed by atoms with Crippen LogP contribution in [0.15, 0.2) is 10.9 Å². The van der Waals surface area contributed by atoms with Gasteiger partial charge in [-0.15, -0.1) is 0 Å². The first-order valence-electron chi connectivity index (χ1n) is 4.21. The number of aromatic nitrogens is 4. The standard InChI is InChI=1S/C8H8N4O3/c1-4-9-8-10-6(15-5(2)13)3-7(14)12(8)11-4/h3H,1-2H3,(H,9,10,11). The van der Waals surface area contributed by atoms with Gasteiger partial charge >= 0.3 is 5.97 Å². The molecule has 7 nitrogen and oxygen atoms in total. The highest BCUT2D eigenvalue weighted by molar-refractivity contribution is 5.68. The number of ether oxygens (including phenoxy) is 1. The van der Waals surface area contributed by atoms with Crippen molar-refractivity contribution in [3.05, 3.63) is 22.2 Å². The van der Waals surface area contributed by atoms with Gasteiger partial charge in [-0.2, -0.15) is 14.5 Å². The normalized spacial score (nSPS) is 10.5. The molecule has 78 valence electrons. The monoisotopic (exact) mass is 208 g/mol. The molecule has 2 rings (SSSR count).